The molecule has 0 fully saturated rings. The molecule has 114 valence electrons. The molecular formula is C18H20N2O2. The fourth-order valence-corrected chi connectivity index (χ4v) is 1.97. The Morgan fingerprint density at radius 2 is 1.91 bits per heavy atom. The number of amides is 1. The molecule has 0 aliphatic rings. The molecule has 0 atom stereocenters. The van der Waals surface area contributed by atoms with Crippen LogP contribution in [0.3, 0.4) is 0 Å². The van der Waals surface area contributed by atoms with E-state index >= 15 is 0 Å². The van der Waals surface area contributed by atoms with Crippen LogP contribution in [0.15, 0.2) is 47.6 Å². The van der Waals surface area contributed by atoms with E-state index < -0.39 is 0 Å². The normalized spacial score (nSPS) is 10.7. The lowest BCUT2D eigenvalue weighted by Crippen LogP contribution is -2.24. The fraction of sp³-hybridized carbons (Fsp3) is 0.222. The van der Waals surface area contributed by atoms with Crippen LogP contribution in [0.5, 0.6) is 5.75 Å². The van der Waals surface area contributed by atoms with E-state index in [-0.39, 0.29) is 12.5 Å². The maximum atomic E-state index is 11.7. The van der Waals surface area contributed by atoms with Crippen LogP contribution in [-0.4, -0.2) is 18.7 Å². The highest BCUT2D eigenvalue weighted by Crippen LogP contribution is 2.18. The van der Waals surface area contributed by atoms with Crippen molar-refractivity contribution in [1.29, 1.82) is 0 Å². The monoisotopic (exact) mass is 296 g/mol. The van der Waals surface area contributed by atoms with E-state index in [4.69, 9.17) is 4.74 Å². The molecule has 0 aliphatic heterocycles. The Balaban J connectivity index is 1.84. The predicted molar refractivity (Wildman–Crippen MR) is 88.3 cm³/mol. The molecular weight excluding hydrogens is 276 g/mol. The van der Waals surface area contributed by atoms with E-state index in [1.807, 2.05) is 63.2 Å². The molecule has 0 bridgehead atoms. The summed E-state index contributed by atoms with van der Waals surface area (Å²) in [6.07, 6.45) is 1.61. The maximum absolute atomic E-state index is 11.7. The van der Waals surface area contributed by atoms with Gasteiger partial charge < -0.3 is 4.74 Å². The molecule has 0 saturated heterocycles. The second kappa shape index (κ2) is 7.41. The quantitative estimate of drug-likeness (QED) is 0.680. The first-order valence-electron chi connectivity index (χ1n) is 7.13. The molecule has 4 heteroatoms. The van der Waals surface area contributed by atoms with Gasteiger partial charge in [-0.05, 0) is 43.5 Å². The van der Waals surface area contributed by atoms with Crippen LogP contribution in [0.25, 0.3) is 0 Å². The smallest absolute Gasteiger partial charge is 0.277 e. The van der Waals surface area contributed by atoms with Crippen LogP contribution in [0.2, 0.25) is 0 Å². The Morgan fingerprint density at radius 1 is 1.14 bits per heavy atom. The third-order valence-corrected chi connectivity index (χ3v) is 3.15. The van der Waals surface area contributed by atoms with Crippen molar-refractivity contribution in [1.82, 2.24) is 5.43 Å². The number of carbonyl (C=O) groups is 1. The summed E-state index contributed by atoms with van der Waals surface area (Å²) in [5.74, 6) is 0.433. The van der Waals surface area contributed by atoms with Crippen LogP contribution in [-0.2, 0) is 4.79 Å². The summed E-state index contributed by atoms with van der Waals surface area (Å²) in [6, 6.07) is 13.8. The Kier molecular flexibility index (Phi) is 5.31. The van der Waals surface area contributed by atoms with E-state index in [9.17, 15) is 4.79 Å². The summed E-state index contributed by atoms with van der Waals surface area (Å²) >= 11 is 0. The van der Waals surface area contributed by atoms with Gasteiger partial charge in [0.05, 0.1) is 6.21 Å². The number of carbonyl (C=O) groups excluding carboxylic acids is 1. The van der Waals surface area contributed by atoms with Gasteiger partial charge in [0.1, 0.15) is 5.75 Å². The number of hydrogen-bond donors (Lipinski definition) is 1. The minimum atomic E-state index is -0.287. The number of aryl methyl sites for hydroxylation is 3. The Hall–Kier alpha value is -2.62. The van der Waals surface area contributed by atoms with Gasteiger partial charge in [-0.2, -0.15) is 5.10 Å². The molecule has 0 spiro atoms. The minimum absolute atomic E-state index is 0.0601. The second-order valence-corrected chi connectivity index (χ2v) is 5.26. The van der Waals surface area contributed by atoms with Crippen molar-refractivity contribution in [3.8, 4) is 5.75 Å². The summed E-state index contributed by atoms with van der Waals surface area (Å²) in [5, 5.41) is 3.93. The summed E-state index contributed by atoms with van der Waals surface area (Å²) in [6.45, 7) is 5.88. The summed E-state index contributed by atoms with van der Waals surface area (Å²) in [5.41, 5.74) is 6.65. The SMILES string of the molecule is Cc1cccc(/C=N/NC(=O)COc2cc(C)ccc2C)c1. The molecule has 0 aliphatic carbocycles. The maximum Gasteiger partial charge on any atom is 0.277 e. The van der Waals surface area contributed by atoms with Gasteiger partial charge in [0.2, 0.25) is 0 Å². The van der Waals surface area contributed by atoms with E-state index in [0.717, 1.165) is 28.0 Å². The zero-order chi connectivity index (χ0) is 15.9. The summed E-state index contributed by atoms with van der Waals surface area (Å²) < 4.78 is 5.52. The van der Waals surface area contributed by atoms with Gasteiger partial charge in [0.15, 0.2) is 6.61 Å². The lowest BCUT2D eigenvalue weighted by atomic mass is 10.1. The molecule has 22 heavy (non-hydrogen) atoms. The van der Waals surface area contributed by atoms with Crippen LogP contribution in [0.1, 0.15) is 22.3 Å². The molecule has 2 aromatic carbocycles. The third-order valence-electron chi connectivity index (χ3n) is 3.15. The first-order chi connectivity index (χ1) is 10.5. The van der Waals surface area contributed by atoms with Gasteiger partial charge in [-0.1, -0.05) is 42.0 Å². The molecule has 1 N–H and O–H groups in total. The van der Waals surface area contributed by atoms with Crippen molar-refractivity contribution in [3.05, 3.63) is 64.7 Å². The second-order valence-electron chi connectivity index (χ2n) is 5.26. The first kappa shape index (κ1) is 15.8. The number of hydrogen-bond acceptors (Lipinski definition) is 3. The van der Waals surface area contributed by atoms with Gasteiger partial charge in [-0.3, -0.25) is 4.79 Å². The van der Waals surface area contributed by atoms with Crippen molar-refractivity contribution in [3.63, 3.8) is 0 Å². The standard InChI is InChI=1S/C18H20N2O2/c1-13-5-4-6-16(9-13)11-19-20-18(21)12-22-17-10-14(2)7-8-15(17)3/h4-11H,12H2,1-3H3,(H,20,21)/b19-11+. The molecule has 2 rings (SSSR count). The van der Waals surface area contributed by atoms with E-state index in [0.29, 0.717) is 0 Å². The van der Waals surface area contributed by atoms with Crippen LogP contribution < -0.4 is 10.2 Å². The van der Waals surface area contributed by atoms with Crippen molar-refractivity contribution < 1.29 is 9.53 Å². The number of benzene rings is 2. The molecule has 2 aromatic rings. The molecule has 0 unspecified atom stereocenters. The highest BCUT2D eigenvalue weighted by molar-refractivity contribution is 5.83. The van der Waals surface area contributed by atoms with Crippen molar-refractivity contribution >= 4 is 12.1 Å². The minimum Gasteiger partial charge on any atom is -0.483 e. The number of nitrogens with one attached hydrogen (secondary N) is 1. The van der Waals surface area contributed by atoms with Crippen LogP contribution >= 0.6 is 0 Å². The first-order valence-corrected chi connectivity index (χ1v) is 7.13. The molecule has 0 heterocycles. The zero-order valence-corrected chi connectivity index (χ0v) is 13.1. The Labute approximate surface area is 130 Å². The molecule has 1 amide bonds. The fourth-order valence-electron chi connectivity index (χ4n) is 1.97. The lowest BCUT2D eigenvalue weighted by Gasteiger charge is -2.08. The average molecular weight is 296 g/mol. The van der Waals surface area contributed by atoms with E-state index in [2.05, 4.69) is 10.5 Å². The number of hydrazone groups is 1. The van der Waals surface area contributed by atoms with Gasteiger partial charge in [0.25, 0.3) is 5.91 Å². The summed E-state index contributed by atoms with van der Waals surface area (Å²) in [7, 11) is 0. The van der Waals surface area contributed by atoms with Crippen LogP contribution in [0.4, 0.5) is 0 Å². The zero-order valence-electron chi connectivity index (χ0n) is 13.1. The lowest BCUT2D eigenvalue weighted by molar-refractivity contribution is -0.123. The number of ether oxygens (including phenoxy) is 1. The molecule has 4 nitrogen and oxygen atoms in total. The highest BCUT2D eigenvalue weighted by Gasteiger charge is 2.04. The largest absolute Gasteiger partial charge is 0.483 e. The van der Waals surface area contributed by atoms with Crippen molar-refractivity contribution in [2.75, 3.05) is 6.61 Å². The van der Waals surface area contributed by atoms with Gasteiger partial charge in [-0.15, -0.1) is 0 Å². The van der Waals surface area contributed by atoms with E-state index in [1.54, 1.807) is 6.21 Å². The van der Waals surface area contributed by atoms with E-state index in [1.165, 1.54) is 0 Å². The van der Waals surface area contributed by atoms with Crippen molar-refractivity contribution in [2.24, 2.45) is 5.10 Å². The third kappa shape index (κ3) is 4.74. The number of rotatable bonds is 5. The van der Waals surface area contributed by atoms with Crippen LogP contribution in [0, 0.1) is 20.8 Å². The predicted octanol–water partition coefficient (Wildman–Crippen LogP) is 3.14. The van der Waals surface area contributed by atoms with Crippen molar-refractivity contribution in [2.45, 2.75) is 20.8 Å². The molecule has 0 aromatic heterocycles. The topological polar surface area (TPSA) is 50.7 Å². The van der Waals surface area contributed by atoms with Gasteiger partial charge >= 0.3 is 0 Å². The molecule has 0 saturated carbocycles. The average Bonchev–Trinajstić information content (AvgIpc) is 2.48. The van der Waals surface area contributed by atoms with Gasteiger partial charge in [-0.25, -0.2) is 5.43 Å². The molecule has 0 radical (unpaired) electrons. The summed E-state index contributed by atoms with van der Waals surface area (Å²) in [4.78, 5) is 11.7. The highest BCUT2D eigenvalue weighted by atomic mass is 16.5. The Morgan fingerprint density at radius 3 is 2.68 bits per heavy atom. The number of nitrogens with zero attached hydrogens (tertiary/aromatic N) is 1. The van der Waals surface area contributed by atoms with Gasteiger partial charge in [0, 0.05) is 0 Å². The Bertz CT molecular complexity index is 693.